The van der Waals surface area contributed by atoms with Crippen molar-refractivity contribution in [2.24, 2.45) is 5.41 Å². The minimum Gasteiger partial charge on any atom is -0.397 e. The Balaban J connectivity index is 3.08. The molecule has 108 valence electrons. The first-order chi connectivity index (χ1) is 8.54. The normalized spacial score (nSPS) is 12.7. The Morgan fingerprint density at radius 1 is 1.26 bits per heavy atom. The number of nitrogens with two attached hydrogens (primary N) is 1. The molecule has 0 unspecified atom stereocenters. The van der Waals surface area contributed by atoms with Crippen LogP contribution in [0.2, 0.25) is 0 Å². The maximum Gasteiger partial charge on any atom is 0.242 e. The number of hydrogen-bond donors (Lipinski definition) is 2. The lowest BCUT2D eigenvalue weighted by Crippen LogP contribution is -2.23. The summed E-state index contributed by atoms with van der Waals surface area (Å²) in [6.07, 6.45) is 0. The maximum absolute atomic E-state index is 12.1. The second kappa shape index (κ2) is 5.38. The van der Waals surface area contributed by atoms with E-state index in [2.05, 4.69) is 26.1 Å². The zero-order valence-electron chi connectivity index (χ0n) is 12.2. The van der Waals surface area contributed by atoms with Gasteiger partial charge in [0.25, 0.3) is 0 Å². The predicted octanol–water partition coefficient (Wildman–Crippen LogP) is 1.98. The Hall–Kier alpha value is -1.27. The van der Waals surface area contributed by atoms with Crippen LogP contribution in [-0.4, -0.2) is 33.4 Å². The van der Waals surface area contributed by atoms with Gasteiger partial charge in [-0.25, -0.2) is 12.7 Å². The van der Waals surface area contributed by atoms with Crippen LogP contribution in [0, 0.1) is 5.41 Å². The molecule has 0 fully saturated rings. The molecule has 1 aromatic rings. The van der Waals surface area contributed by atoms with Gasteiger partial charge in [0.1, 0.15) is 0 Å². The lowest BCUT2D eigenvalue weighted by molar-refractivity contribution is 0.443. The van der Waals surface area contributed by atoms with Crippen LogP contribution < -0.4 is 11.1 Å². The van der Waals surface area contributed by atoms with Gasteiger partial charge in [-0.3, -0.25) is 0 Å². The van der Waals surface area contributed by atoms with Crippen molar-refractivity contribution >= 4 is 21.4 Å². The summed E-state index contributed by atoms with van der Waals surface area (Å²) in [5.41, 5.74) is 7.15. The van der Waals surface area contributed by atoms with Crippen molar-refractivity contribution in [1.29, 1.82) is 0 Å². The standard InChI is InChI=1S/C13H23N3O2S/c1-13(2,3)9-15-12-8-10(6-7-11(12)14)19(17,18)16(4)5/h6-8,15H,9,14H2,1-5H3. The first-order valence-corrected chi connectivity index (χ1v) is 7.54. The smallest absolute Gasteiger partial charge is 0.242 e. The van der Waals surface area contributed by atoms with Crippen molar-refractivity contribution < 1.29 is 8.42 Å². The molecule has 0 bridgehead atoms. The number of benzene rings is 1. The minimum absolute atomic E-state index is 0.0862. The molecule has 0 spiro atoms. The molecular weight excluding hydrogens is 262 g/mol. The third-order valence-electron chi connectivity index (χ3n) is 2.61. The van der Waals surface area contributed by atoms with Gasteiger partial charge in [0, 0.05) is 20.6 Å². The van der Waals surface area contributed by atoms with Gasteiger partial charge in [0.15, 0.2) is 0 Å². The Morgan fingerprint density at radius 3 is 2.32 bits per heavy atom. The van der Waals surface area contributed by atoms with Gasteiger partial charge in [-0.2, -0.15) is 0 Å². The van der Waals surface area contributed by atoms with Crippen LogP contribution >= 0.6 is 0 Å². The number of sulfonamides is 1. The summed E-state index contributed by atoms with van der Waals surface area (Å²) >= 11 is 0. The second-order valence-electron chi connectivity index (χ2n) is 5.95. The van der Waals surface area contributed by atoms with Crippen LogP contribution in [-0.2, 0) is 10.0 Å². The fourth-order valence-electron chi connectivity index (χ4n) is 1.42. The summed E-state index contributed by atoms with van der Waals surface area (Å²) < 4.78 is 25.3. The molecule has 0 aliphatic heterocycles. The molecule has 0 aliphatic rings. The van der Waals surface area contributed by atoms with Gasteiger partial charge < -0.3 is 11.1 Å². The largest absolute Gasteiger partial charge is 0.397 e. The van der Waals surface area contributed by atoms with Crippen LogP contribution in [0.1, 0.15) is 20.8 Å². The molecule has 0 heterocycles. The minimum atomic E-state index is -3.43. The van der Waals surface area contributed by atoms with E-state index in [9.17, 15) is 8.42 Å². The van der Waals surface area contributed by atoms with Crippen LogP contribution in [0.5, 0.6) is 0 Å². The summed E-state index contributed by atoms with van der Waals surface area (Å²) in [6, 6.07) is 4.71. The Bertz CT molecular complexity index is 545. The highest BCUT2D eigenvalue weighted by atomic mass is 32.2. The highest BCUT2D eigenvalue weighted by molar-refractivity contribution is 7.89. The molecule has 6 heteroatoms. The predicted molar refractivity (Wildman–Crippen MR) is 79.7 cm³/mol. The number of hydrogen-bond acceptors (Lipinski definition) is 4. The first kappa shape index (κ1) is 15.8. The molecule has 0 saturated carbocycles. The molecule has 0 radical (unpaired) electrons. The van der Waals surface area contributed by atoms with E-state index in [1.54, 1.807) is 12.1 Å². The molecular formula is C13H23N3O2S. The van der Waals surface area contributed by atoms with E-state index < -0.39 is 10.0 Å². The fourth-order valence-corrected chi connectivity index (χ4v) is 2.35. The summed E-state index contributed by atoms with van der Waals surface area (Å²) in [7, 11) is -0.416. The van der Waals surface area contributed by atoms with Crippen LogP contribution in [0.4, 0.5) is 11.4 Å². The molecule has 5 nitrogen and oxygen atoms in total. The molecule has 0 aliphatic carbocycles. The number of nitrogens with zero attached hydrogens (tertiary/aromatic N) is 1. The number of anilines is 2. The number of rotatable bonds is 4. The first-order valence-electron chi connectivity index (χ1n) is 6.10. The molecule has 19 heavy (non-hydrogen) atoms. The van der Waals surface area contributed by atoms with Gasteiger partial charge >= 0.3 is 0 Å². The van der Waals surface area contributed by atoms with Crippen LogP contribution in [0.15, 0.2) is 23.1 Å². The highest BCUT2D eigenvalue weighted by Crippen LogP contribution is 2.25. The zero-order chi connectivity index (χ0) is 14.8. The van der Waals surface area contributed by atoms with Gasteiger partial charge in [-0.05, 0) is 23.6 Å². The molecule has 0 saturated heterocycles. The van der Waals surface area contributed by atoms with Gasteiger partial charge in [0.05, 0.1) is 16.3 Å². The van der Waals surface area contributed by atoms with Crippen molar-refractivity contribution in [2.75, 3.05) is 31.7 Å². The monoisotopic (exact) mass is 285 g/mol. The molecule has 1 aromatic carbocycles. The second-order valence-corrected chi connectivity index (χ2v) is 8.10. The van der Waals surface area contributed by atoms with Gasteiger partial charge in [-0.15, -0.1) is 0 Å². The molecule has 0 atom stereocenters. The van der Waals surface area contributed by atoms with Crippen molar-refractivity contribution in [2.45, 2.75) is 25.7 Å². The zero-order valence-corrected chi connectivity index (χ0v) is 13.0. The topological polar surface area (TPSA) is 75.4 Å². The Labute approximate surface area is 115 Å². The average Bonchev–Trinajstić information content (AvgIpc) is 2.26. The highest BCUT2D eigenvalue weighted by Gasteiger charge is 2.19. The van der Waals surface area contributed by atoms with Gasteiger partial charge in [0.2, 0.25) is 10.0 Å². The lowest BCUT2D eigenvalue weighted by atomic mass is 9.97. The van der Waals surface area contributed by atoms with Crippen molar-refractivity contribution in [3.05, 3.63) is 18.2 Å². The SMILES string of the molecule is CN(C)S(=O)(=O)c1ccc(N)c(NCC(C)(C)C)c1. The average molecular weight is 285 g/mol. The van der Waals surface area contributed by atoms with E-state index in [0.717, 1.165) is 0 Å². The quantitative estimate of drug-likeness (QED) is 0.829. The molecule has 0 amide bonds. The Morgan fingerprint density at radius 2 is 1.84 bits per heavy atom. The third kappa shape index (κ3) is 4.11. The van der Waals surface area contributed by atoms with Crippen LogP contribution in [0.3, 0.4) is 0 Å². The molecule has 0 aromatic heterocycles. The summed E-state index contributed by atoms with van der Waals surface area (Å²) in [6.45, 7) is 6.99. The summed E-state index contributed by atoms with van der Waals surface area (Å²) in [4.78, 5) is 0.239. The Kier molecular flexibility index (Phi) is 4.47. The van der Waals surface area contributed by atoms with E-state index in [1.807, 2.05) is 0 Å². The van der Waals surface area contributed by atoms with E-state index >= 15 is 0 Å². The number of nitrogen functional groups attached to an aromatic ring is 1. The third-order valence-corrected chi connectivity index (χ3v) is 4.42. The summed E-state index contributed by atoms with van der Waals surface area (Å²) in [5, 5.41) is 3.20. The molecule has 3 N–H and O–H groups in total. The summed E-state index contributed by atoms with van der Waals surface area (Å²) in [5.74, 6) is 0. The van der Waals surface area contributed by atoms with Crippen molar-refractivity contribution in [3.63, 3.8) is 0 Å². The van der Waals surface area contributed by atoms with Crippen molar-refractivity contribution in [3.8, 4) is 0 Å². The van der Waals surface area contributed by atoms with Crippen LogP contribution in [0.25, 0.3) is 0 Å². The van der Waals surface area contributed by atoms with Gasteiger partial charge in [-0.1, -0.05) is 20.8 Å². The fraction of sp³-hybridized carbons (Fsp3) is 0.538. The van der Waals surface area contributed by atoms with E-state index in [4.69, 9.17) is 5.73 Å². The maximum atomic E-state index is 12.1. The van der Waals surface area contributed by atoms with E-state index in [0.29, 0.717) is 17.9 Å². The number of nitrogens with one attached hydrogen (secondary N) is 1. The molecule has 1 rings (SSSR count). The van der Waals surface area contributed by atoms with E-state index in [1.165, 1.54) is 24.5 Å². The van der Waals surface area contributed by atoms with E-state index in [-0.39, 0.29) is 10.3 Å². The lowest BCUT2D eigenvalue weighted by Gasteiger charge is -2.21. The van der Waals surface area contributed by atoms with Crippen molar-refractivity contribution in [1.82, 2.24) is 4.31 Å².